The Balaban J connectivity index is 1.86. The molecule has 0 aliphatic carbocycles. The molecule has 0 spiro atoms. The molecular formula is C13H17N3OS. The second kappa shape index (κ2) is 4.82. The molecule has 4 nitrogen and oxygen atoms in total. The molecular weight excluding hydrogens is 246 g/mol. The lowest BCUT2D eigenvalue weighted by Crippen LogP contribution is -2.50. The van der Waals surface area contributed by atoms with Gasteiger partial charge in [-0.05, 0) is 12.1 Å². The van der Waals surface area contributed by atoms with Crippen molar-refractivity contribution in [3.05, 3.63) is 23.8 Å². The van der Waals surface area contributed by atoms with Gasteiger partial charge in [-0.25, -0.2) is 0 Å². The Labute approximate surface area is 111 Å². The van der Waals surface area contributed by atoms with Crippen molar-refractivity contribution >= 4 is 29.0 Å². The Kier molecular flexibility index (Phi) is 3.18. The number of rotatable bonds is 1. The number of hydrogen-bond acceptors (Lipinski definition) is 4. The van der Waals surface area contributed by atoms with Crippen LogP contribution in [0.3, 0.4) is 0 Å². The van der Waals surface area contributed by atoms with Crippen LogP contribution in [0.5, 0.6) is 0 Å². The van der Waals surface area contributed by atoms with Crippen LogP contribution in [0.1, 0.15) is 5.56 Å². The molecule has 3 N–H and O–H groups in total. The lowest BCUT2D eigenvalue weighted by Gasteiger charge is -2.36. The highest BCUT2D eigenvalue weighted by Crippen LogP contribution is 2.30. The predicted molar refractivity (Wildman–Crippen MR) is 75.9 cm³/mol. The summed E-state index contributed by atoms with van der Waals surface area (Å²) in [5, 5.41) is 2.98. The van der Waals surface area contributed by atoms with Crippen LogP contribution in [0.2, 0.25) is 0 Å². The minimum Gasteiger partial charge on any atom is -0.398 e. The molecule has 96 valence electrons. The molecule has 0 saturated carbocycles. The Bertz CT molecular complexity index is 471. The van der Waals surface area contributed by atoms with Gasteiger partial charge in [0.25, 0.3) is 0 Å². The first-order valence-corrected chi connectivity index (χ1v) is 7.41. The second-order valence-corrected chi connectivity index (χ2v) is 5.96. The Hall–Kier alpha value is -1.20. The van der Waals surface area contributed by atoms with E-state index in [0.29, 0.717) is 0 Å². The largest absolute Gasteiger partial charge is 0.398 e. The minimum atomic E-state index is -0.0527. The zero-order chi connectivity index (χ0) is 12.5. The van der Waals surface area contributed by atoms with Crippen LogP contribution in [-0.2, 0) is 11.2 Å². The quantitative estimate of drug-likeness (QED) is 0.747. The highest BCUT2D eigenvalue weighted by molar-refractivity contribution is 7.99. The van der Waals surface area contributed by atoms with Crippen LogP contribution in [0.4, 0.5) is 11.4 Å². The number of nitrogens with one attached hydrogen (secondary N) is 1. The van der Waals surface area contributed by atoms with Crippen molar-refractivity contribution < 1.29 is 4.79 Å². The summed E-state index contributed by atoms with van der Waals surface area (Å²) < 4.78 is 0. The summed E-state index contributed by atoms with van der Waals surface area (Å²) in [6, 6.07) is 5.65. The number of carbonyl (C=O) groups excluding carboxylic acids is 1. The number of benzene rings is 1. The van der Waals surface area contributed by atoms with Crippen LogP contribution >= 0.6 is 11.8 Å². The predicted octanol–water partition coefficient (Wildman–Crippen LogP) is 1.18. The molecule has 3 rings (SSSR count). The summed E-state index contributed by atoms with van der Waals surface area (Å²) in [4.78, 5) is 14.4. The fraction of sp³-hybridized carbons (Fsp3) is 0.462. The van der Waals surface area contributed by atoms with E-state index < -0.39 is 0 Å². The van der Waals surface area contributed by atoms with E-state index in [1.165, 1.54) is 0 Å². The Morgan fingerprint density at radius 1 is 1.33 bits per heavy atom. The van der Waals surface area contributed by atoms with Gasteiger partial charge in [0, 0.05) is 48.0 Å². The summed E-state index contributed by atoms with van der Waals surface area (Å²) in [7, 11) is 0. The molecule has 1 amide bonds. The maximum atomic E-state index is 12.2. The van der Waals surface area contributed by atoms with Crippen LogP contribution in [0, 0.1) is 0 Å². The van der Waals surface area contributed by atoms with Crippen molar-refractivity contribution in [2.75, 3.05) is 35.6 Å². The standard InChI is InChI=1S/C13H17N3OS/c14-10-2-1-3-11-9(10)8-12(13(17)15-11)16-4-6-18-7-5-16/h1-3,12H,4-8,14H2,(H,15,17). The lowest BCUT2D eigenvalue weighted by atomic mass is 9.96. The topological polar surface area (TPSA) is 58.4 Å². The third-order valence-corrected chi connectivity index (χ3v) is 4.60. The van der Waals surface area contributed by atoms with E-state index in [2.05, 4.69) is 10.2 Å². The Morgan fingerprint density at radius 2 is 2.11 bits per heavy atom. The van der Waals surface area contributed by atoms with E-state index in [1.807, 2.05) is 30.0 Å². The molecule has 1 unspecified atom stereocenters. The number of carbonyl (C=O) groups is 1. The summed E-state index contributed by atoms with van der Waals surface area (Å²) in [6.07, 6.45) is 0.735. The van der Waals surface area contributed by atoms with E-state index in [4.69, 9.17) is 5.73 Å². The fourth-order valence-corrected chi connectivity index (χ4v) is 3.57. The van der Waals surface area contributed by atoms with Crippen LogP contribution in [-0.4, -0.2) is 41.4 Å². The van der Waals surface area contributed by atoms with Gasteiger partial charge < -0.3 is 11.1 Å². The van der Waals surface area contributed by atoms with Crippen molar-refractivity contribution in [2.24, 2.45) is 0 Å². The van der Waals surface area contributed by atoms with Gasteiger partial charge in [0.15, 0.2) is 0 Å². The van der Waals surface area contributed by atoms with Crippen LogP contribution in [0.15, 0.2) is 18.2 Å². The van der Waals surface area contributed by atoms with E-state index in [-0.39, 0.29) is 11.9 Å². The summed E-state index contributed by atoms with van der Waals surface area (Å²) in [5.41, 5.74) is 8.75. The van der Waals surface area contributed by atoms with Crippen molar-refractivity contribution in [1.29, 1.82) is 0 Å². The molecule has 5 heteroatoms. The SMILES string of the molecule is Nc1cccc2c1CC(N1CCSCC1)C(=O)N2. The second-order valence-electron chi connectivity index (χ2n) is 4.73. The zero-order valence-electron chi connectivity index (χ0n) is 10.2. The number of amides is 1. The Morgan fingerprint density at radius 3 is 2.89 bits per heavy atom. The number of nitrogen functional groups attached to an aromatic ring is 1. The highest BCUT2D eigenvalue weighted by atomic mass is 32.2. The first-order chi connectivity index (χ1) is 8.75. The molecule has 1 aromatic rings. The molecule has 18 heavy (non-hydrogen) atoms. The number of anilines is 2. The van der Waals surface area contributed by atoms with Gasteiger partial charge in [0.1, 0.15) is 0 Å². The maximum absolute atomic E-state index is 12.2. The highest BCUT2D eigenvalue weighted by Gasteiger charge is 2.32. The zero-order valence-corrected chi connectivity index (χ0v) is 11.0. The van der Waals surface area contributed by atoms with Crippen molar-refractivity contribution in [1.82, 2.24) is 4.90 Å². The van der Waals surface area contributed by atoms with Gasteiger partial charge in [-0.1, -0.05) is 6.07 Å². The van der Waals surface area contributed by atoms with E-state index >= 15 is 0 Å². The average Bonchev–Trinajstić information content (AvgIpc) is 2.39. The van der Waals surface area contributed by atoms with Crippen LogP contribution < -0.4 is 11.1 Å². The van der Waals surface area contributed by atoms with Gasteiger partial charge in [0.2, 0.25) is 5.91 Å². The summed E-state index contributed by atoms with van der Waals surface area (Å²) >= 11 is 1.95. The first kappa shape index (κ1) is 11.9. The molecule has 1 saturated heterocycles. The summed E-state index contributed by atoms with van der Waals surface area (Å²) in [6.45, 7) is 1.98. The normalized spacial score (nSPS) is 24.4. The van der Waals surface area contributed by atoms with E-state index in [0.717, 1.165) is 48.0 Å². The molecule has 0 radical (unpaired) electrons. The molecule has 1 atom stereocenters. The van der Waals surface area contributed by atoms with Gasteiger partial charge in [-0.15, -0.1) is 0 Å². The molecule has 0 aromatic heterocycles. The number of thioether (sulfide) groups is 1. The number of nitrogens with two attached hydrogens (primary N) is 1. The molecule has 0 bridgehead atoms. The first-order valence-electron chi connectivity index (χ1n) is 6.26. The lowest BCUT2D eigenvalue weighted by molar-refractivity contribution is -0.121. The van der Waals surface area contributed by atoms with Crippen molar-refractivity contribution in [2.45, 2.75) is 12.5 Å². The molecule has 2 aliphatic heterocycles. The van der Waals surface area contributed by atoms with Gasteiger partial charge in [-0.2, -0.15) is 11.8 Å². The minimum absolute atomic E-state index is 0.0527. The third kappa shape index (κ3) is 2.08. The summed E-state index contributed by atoms with van der Waals surface area (Å²) in [5.74, 6) is 2.34. The molecule has 2 aliphatic rings. The monoisotopic (exact) mass is 263 g/mol. The van der Waals surface area contributed by atoms with Crippen LogP contribution in [0.25, 0.3) is 0 Å². The fourth-order valence-electron chi connectivity index (χ4n) is 2.64. The van der Waals surface area contributed by atoms with Gasteiger partial charge in [-0.3, -0.25) is 9.69 Å². The van der Waals surface area contributed by atoms with Crippen molar-refractivity contribution in [3.63, 3.8) is 0 Å². The number of nitrogens with zero attached hydrogens (tertiary/aromatic N) is 1. The average molecular weight is 263 g/mol. The molecule has 2 heterocycles. The van der Waals surface area contributed by atoms with Gasteiger partial charge in [0.05, 0.1) is 6.04 Å². The number of fused-ring (bicyclic) bond motifs is 1. The van der Waals surface area contributed by atoms with E-state index in [1.54, 1.807) is 0 Å². The molecule has 1 aromatic carbocycles. The van der Waals surface area contributed by atoms with E-state index in [9.17, 15) is 4.79 Å². The third-order valence-electron chi connectivity index (χ3n) is 3.66. The smallest absolute Gasteiger partial charge is 0.242 e. The van der Waals surface area contributed by atoms with Crippen molar-refractivity contribution in [3.8, 4) is 0 Å². The maximum Gasteiger partial charge on any atom is 0.242 e. The molecule has 1 fully saturated rings. The number of hydrogen-bond donors (Lipinski definition) is 2. The van der Waals surface area contributed by atoms with Gasteiger partial charge >= 0.3 is 0 Å².